The first kappa shape index (κ1) is 12.2. The molecule has 15 heavy (non-hydrogen) atoms. The Balaban J connectivity index is 2.42. The molecule has 0 saturated heterocycles. The molecule has 0 aromatic carbocycles. The lowest BCUT2D eigenvalue weighted by atomic mass is 10.3. The lowest BCUT2D eigenvalue weighted by molar-refractivity contribution is -0.136. The van der Waals surface area contributed by atoms with Gasteiger partial charge in [0.2, 0.25) is 0 Å². The number of aliphatic hydroxyl groups is 1. The van der Waals surface area contributed by atoms with Gasteiger partial charge in [-0.15, -0.1) is 11.3 Å². The van der Waals surface area contributed by atoms with Crippen LogP contribution in [0.4, 0.5) is 0 Å². The van der Waals surface area contributed by atoms with Crippen LogP contribution in [0.1, 0.15) is 16.7 Å². The number of nitrogens with one attached hydrogen (secondary N) is 1. The van der Waals surface area contributed by atoms with E-state index in [1.54, 1.807) is 0 Å². The van der Waals surface area contributed by atoms with Crippen LogP contribution >= 0.6 is 11.3 Å². The zero-order chi connectivity index (χ0) is 11.3. The van der Waals surface area contributed by atoms with Crippen molar-refractivity contribution < 1.29 is 15.0 Å². The van der Waals surface area contributed by atoms with Gasteiger partial charge in [-0.3, -0.25) is 4.79 Å². The van der Waals surface area contributed by atoms with Gasteiger partial charge in [-0.25, -0.2) is 0 Å². The highest BCUT2D eigenvalue weighted by Gasteiger charge is 2.05. The van der Waals surface area contributed by atoms with Gasteiger partial charge in [-0.1, -0.05) is 0 Å². The van der Waals surface area contributed by atoms with E-state index in [0.29, 0.717) is 6.54 Å². The van der Waals surface area contributed by atoms with E-state index >= 15 is 0 Å². The number of hydrogen-bond acceptors (Lipinski definition) is 4. The number of aliphatic carboxylic acids is 1. The van der Waals surface area contributed by atoms with Crippen molar-refractivity contribution in [3.05, 3.63) is 21.9 Å². The molecule has 0 aliphatic heterocycles. The van der Waals surface area contributed by atoms with E-state index in [1.807, 2.05) is 19.1 Å². The highest BCUT2D eigenvalue weighted by molar-refractivity contribution is 7.12. The molecule has 1 rings (SSSR count). The first-order chi connectivity index (χ1) is 7.11. The second-order valence-corrected chi connectivity index (χ2v) is 4.66. The average Bonchev–Trinajstić information content (AvgIpc) is 2.61. The molecule has 0 radical (unpaired) electrons. The quantitative estimate of drug-likeness (QED) is 0.676. The van der Waals surface area contributed by atoms with E-state index in [1.165, 1.54) is 11.3 Å². The molecule has 0 fully saturated rings. The van der Waals surface area contributed by atoms with Gasteiger partial charge in [-0.2, -0.15) is 0 Å². The normalized spacial score (nSPS) is 12.7. The molecule has 1 heterocycles. The Labute approximate surface area is 92.6 Å². The van der Waals surface area contributed by atoms with Gasteiger partial charge in [0.1, 0.15) is 0 Å². The van der Waals surface area contributed by atoms with Crippen molar-refractivity contribution >= 4 is 17.3 Å². The van der Waals surface area contributed by atoms with Crippen LogP contribution in [-0.2, 0) is 17.8 Å². The molecule has 5 heteroatoms. The third-order valence-corrected chi connectivity index (χ3v) is 3.03. The minimum Gasteiger partial charge on any atom is -0.481 e. The van der Waals surface area contributed by atoms with E-state index in [0.717, 1.165) is 9.75 Å². The van der Waals surface area contributed by atoms with Crippen LogP contribution in [0.2, 0.25) is 0 Å². The average molecular weight is 229 g/mol. The summed E-state index contributed by atoms with van der Waals surface area (Å²) in [5, 5.41) is 20.5. The Morgan fingerprint density at radius 3 is 2.80 bits per heavy atom. The number of aliphatic hydroxyl groups excluding tert-OH is 1. The van der Waals surface area contributed by atoms with Crippen molar-refractivity contribution in [2.45, 2.75) is 25.9 Å². The van der Waals surface area contributed by atoms with Gasteiger partial charge in [0.15, 0.2) is 0 Å². The molecular formula is C10H15NO3S. The Hall–Kier alpha value is -0.910. The Morgan fingerprint density at radius 1 is 1.53 bits per heavy atom. The van der Waals surface area contributed by atoms with Gasteiger partial charge >= 0.3 is 5.97 Å². The van der Waals surface area contributed by atoms with Crippen LogP contribution < -0.4 is 5.32 Å². The summed E-state index contributed by atoms with van der Waals surface area (Å²) in [6.45, 7) is 2.67. The Morgan fingerprint density at radius 2 is 2.20 bits per heavy atom. The van der Waals surface area contributed by atoms with Gasteiger partial charge in [0.25, 0.3) is 0 Å². The van der Waals surface area contributed by atoms with E-state index < -0.39 is 5.97 Å². The van der Waals surface area contributed by atoms with E-state index in [9.17, 15) is 4.79 Å². The maximum atomic E-state index is 10.4. The van der Waals surface area contributed by atoms with Crippen LogP contribution in [-0.4, -0.2) is 28.8 Å². The Kier molecular flexibility index (Phi) is 4.74. The summed E-state index contributed by atoms with van der Waals surface area (Å²) in [6, 6.07) is 3.81. The third kappa shape index (κ3) is 4.42. The van der Waals surface area contributed by atoms with Crippen molar-refractivity contribution in [2.24, 2.45) is 0 Å². The maximum Gasteiger partial charge on any atom is 0.308 e. The number of carbonyl (C=O) groups is 1. The maximum absolute atomic E-state index is 10.4. The van der Waals surface area contributed by atoms with Gasteiger partial charge < -0.3 is 15.5 Å². The summed E-state index contributed by atoms with van der Waals surface area (Å²) in [6.07, 6.45) is 0.0836. The highest BCUT2D eigenvalue weighted by Crippen LogP contribution is 2.16. The predicted molar refractivity (Wildman–Crippen MR) is 59.0 cm³/mol. The highest BCUT2D eigenvalue weighted by atomic mass is 32.1. The number of carboxylic acid groups (broad SMARTS) is 1. The first-order valence-corrected chi connectivity index (χ1v) is 5.57. The van der Waals surface area contributed by atoms with Crippen LogP contribution in [0.15, 0.2) is 12.1 Å². The zero-order valence-electron chi connectivity index (χ0n) is 8.56. The van der Waals surface area contributed by atoms with E-state index in [4.69, 9.17) is 10.2 Å². The largest absolute Gasteiger partial charge is 0.481 e. The van der Waals surface area contributed by atoms with E-state index in [-0.39, 0.29) is 19.1 Å². The summed E-state index contributed by atoms with van der Waals surface area (Å²) in [5.41, 5.74) is 0. The predicted octanol–water partition coefficient (Wildman–Crippen LogP) is 0.846. The fourth-order valence-electron chi connectivity index (χ4n) is 1.10. The molecule has 0 amide bonds. The summed E-state index contributed by atoms with van der Waals surface area (Å²) in [7, 11) is 0. The third-order valence-electron chi connectivity index (χ3n) is 1.94. The molecule has 0 aliphatic rings. The minimum atomic E-state index is -0.805. The standard InChI is InChI=1S/C10H15NO3S/c1-7(6-12)11-5-9-3-2-8(15-9)4-10(13)14/h2-3,7,11-12H,4-6H2,1H3,(H,13,14)/t7-/m1/s1. The summed E-state index contributed by atoms with van der Waals surface area (Å²) in [5.74, 6) is -0.805. The molecule has 84 valence electrons. The van der Waals surface area contributed by atoms with Crippen molar-refractivity contribution in [1.29, 1.82) is 0 Å². The molecule has 3 N–H and O–H groups in total. The fraction of sp³-hybridized carbons (Fsp3) is 0.500. The monoisotopic (exact) mass is 229 g/mol. The molecule has 0 saturated carbocycles. The smallest absolute Gasteiger partial charge is 0.308 e. The van der Waals surface area contributed by atoms with Crippen molar-refractivity contribution in [3.63, 3.8) is 0 Å². The van der Waals surface area contributed by atoms with Gasteiger partial charge in [0, 0.05) is 22.3 Å². The molecule has 0 spiro atoms. The van der Waals surface area contributed by atoms with Gasteiger partial charge in [-0.05, 0) is 19.1 Å². The second-order valence-electron chi connectivity index (χ2n) is 3.40. The van der Waals surface area contributed by atoms with Crippen molar-refractivity contribution in [1.82, 2.24) is 5.32 Å². The minimum absolute atomic E-state index is 0.0648. The lowest BCUT2D eigenvalue weighted by Gasteiger charge is -2.08. The van der Waals surface area contributed by atoms with Crippen molar-refractivity contribution in [3.8, 4) is 0 Å². The topological polar surface area (TPSA) is 69.6 Å². The summed E-state index contributed by atoms with van der Waals surface area (Å²) >= 11 is 1.49. The van der Waals surface area contributed by atoms with Crippen molar-refractivity contribution in [2.75, 3.05) is 6.61 Å². The number of hydrogen-bond donors (Lipinski definition) is 3. The SMILES string of the molecule is C[C@H](CO)NCc1ccc(CC(=O)O)s1. The van der Waals surface area contributed by atoms with Crippen LogP contribution in [0.25, 0.3) is 0 Å². The van der Waals surface area contributed by atoms with E-state index in [2.05, 4.69) is 5.32 Å². The summed E-state index contributed by atoms with van der Waals surface area (Å²) in [4.78, 5) is 12.4. The Bertz CT molecular complexity index is 324. The molecule has 0 aliphatic carbocycles. The molecular weight excluding hydrogens is 214 g/mol. The molecule has 0 unspecified atom stereocenters. The van der Waals surface area contributed by atoms with Crippen LogP contribution in [0.3, 0.4) is 0 Å². The number of thiophene rings is 1. The molecule has 1 atom stereocenters. The van der Waals surface area contributed by atoms with Gasteiger partial charge in [0.05, 0.1) is 13.0 Å². The number of carboxylic acids is 1. The van der Waals surface area contributed by atoms with Crippen LogP contribution in [0.5, 0.6) is 0 Å². The molecule has 4 nitrogen and oxygen atoms in total. The molecule has 0 bridgehead atoms. The molecule has 1 aromatic heterocycles. The fourth-order valence-corrected chi connectivity index (χ4v) is 2.06. The summed E-state index contributed by atoms with van der Waals surface area (Å²) < 4.78 is 0. The molecule has 1 aromatic rings. The van der Waals surface area contributed by atoms with Crippen LogP contribution in [0, 0.1) is 0 Å². The number of rotatable bonds is 6. The first-order valence-electron chi connectivity index (χ1n) is 4.75. The lowest BCUT2D eigenvalue weighted by Crippen LogP contribution is -2.28. The second kappa shape index (κ2) is 5.85. The zero-order valence-corrected chi connectivity index (χ0v) is 9.38.